The van der Waals surface area contributed by atoms with Crippen LogP contribution in [0.2, 0.25) is 0 Å². The summed E-state index contributed by atoms with van der Waals surface area (Å²) in [5.74, 6) is -0.691. The fraction of sp³-hybridized carbons (Fsp3) is 0.421. The van der Waals surface area contributed by atoms with Crippen LogP contribution in [0.5, 0.6) is 0 Å². The molecule has 2 aromatic rings. The van der Waals surface area contributed by atoms with Crippen LogP contribution in [0.1, 0.15) is 30.9 Å². The van der Waals surface area contributed by atoms with E-state index in [1.165, 1.54) is 23.0 Å². The third-order valence-corrected chi connectivity index (χ3v) is 4.68. The highest BCUT2D eigenvalue weighted by Gasteiger charge is 2.29. The zero-order valence-electron chi connectivity index (χ0n) is 15.3. The van der Waals surface area contributed by atoms with Crippen LogP contribution in [0, 0.1) is 5.82 Å². The minimum atomic E-state index is -0.492. The van der Waals surface area contributed by atoms with E-state index in [9.17, 15) is 14.0 Å². The van der Waals surface area contributed by atoms with Crippen molar-refractivity contribution in [3.8, 4) is 0 Å². The van der Waals surface area contributed by atoms with Gasteiger partial charge < -0.3 is 10.6 Å². The molecule has 2 amide bonds. The summed E-state index contributed by atoms with van der Waals surface area (Å²) in [4.78, 5) is 26.6. The van der Waals surface area contributed by atoms with E-state index in [-0.39, 0.29) is 24.2 Å². The van der Waals surface area contributed by atoms with E-state index in [0.29, 0.717) is 5.69 Å². The van der Waals surface area contributed by atoms with Gasteiger partial charge >= 0.3 is 0 Å². The Morgan fingerprint density at radius 3 is 2.56 bits per heavy atom. The van der Waals surface area contributed by atoms with Crippen LogP contribution >= 0.6 is 0 Å². The van der Waals surface area contributed by atoms with Crippen molar-refractivity contribution in [2.24, 2.45) is 0 Å². The summed E-state index contributed by atoms with van der Waals surface area (Å²) < 4.78 is 14.8. The Morgan fingerprint density at radius 1 is 1.19 bits per heavy atom. The van der Waals surface area contributed by atoms with Crippen molar-refractivity contribution in [3.63, 3.8) is 0 Å². The summed E-state index contributed by atoms with van der Waals surface area (Å²) in [6.45, 7) is 1.73. The molecule has 1 fully saturated rings. The van der Waals surface area contributed by atoms with Gasteiger partial charge in [-0.2, -0.15) is 5.10 Å². The summed E-state index contributed by atoms with van der Waals surface area (Å²) in [6, 6.07) is 5.57. The first-order chi connectivity index (χ1) is 13.1. The summed E-state index contributed by atoms with van der Waals surface area (Å²) in [6.07, 6.45) is 6.36. The Balaban J connectivity index is 1.76. The van der Waals surface area contributed by atoms with Gasteiger partial charge in [0, 0.05) is 13.2 Å². The maximum Gasteiger partial charge on any atom is 0.246 e. The molecule has 0 radical (unpaired) electrons. The molecule has 7 nitrogen and oxygen atoms in total. The molecule has 2 heterocycles. The molecule has 1 aromatic carbocycles. The van der Waals surface area contributed by atoms with Crippen LogP contribution in [0.25, 0.3) is 0 Å². The van der Waals surface area contributed by atoms with Gasteiger partial charge in [-0.15, -0.1) is 0 Å². The fourth-order valence-corrected chi connectivity index (χ4v) is 3.30. The van der Waals surface area contributed by atoms with Gasteiger partial charge in [0.1, 0.15) is 18.4 Å². The van der Waals surface area contributed by atoms with Crippen molar-refractivity contribution in [2.45, 2.75) is 31.8 Å². The summed E-state index contributed by atoms with van der Waals surface area (Å²) >= 11 is 0. The van der Waals surface area contributed by atoms with Gasteiger partial charge in [-0.05, 0) is 43.6 Å². The lowest BCUT2D eigenvalue weighted by Crippen LogP contribution is -2.40. The minimum absolute atomic E-state index is 0.0832. The van der Waals surface area contributed by atoms with Crippen LogP contribution in [0.15, 0.2) is 36.7 Å². The number of aromatic nitrogens is 2. The number of benzene rings is 1. The lowest BCUT2D eigenvalue weighted by Gasteiger charge is -2.33. The summed E-state index contributed by atoms with van der Waals surface area (Å²) in [5, 5.41) is 9.49. The molecule has 1 atom stereocenters. The van der Waals surface area contributed by atoms with Gasteiger partial charge in [0.05, 0.1) is 11.9 Å². The molecule has 1 aliphatic heterocycles. The second-order valence-corrected chi connectivity index (χ2v) is 6.64. The molecule has 0 spiro atoms. The van der Waals surface area contributed by atoms with E-state index >= 15 is 0 Å². The summed E-state index contributed by atoms with van der Waals surface area (Å²) in [7, 11) is 1.56. The monoisotopic (exact) mass is 373 g/mol. The maximum atomic E-state index is 13.3. The Bertz CT molecular complexity index is 784. The number of rotatable bonds is 6. The maximum absolute atomic E-state index is 13.3. The molecule has 1 aromatic heterocycles. The molecule has 27 heavy (non-hydrogen) atoms. The van der Waals surface area contributed by atoms with E-state index in [1.807, 2.05) is 0 Å². The Hall–Kier alpha value is -2.74. The first-order valence-electron chi connectivity index (χ1n) is 9.10. The Kier molecular flexibility index (Phi) is 6.18. The molecule has 1 saturated heterocycles. The Morgan fingerprint density at radius 2 is 1.89 bits per heavy atom. The highest BCUT2D eigenvalue weighted by molar-refractivity contribution is 5.95. The van der Waals surface area contributed by atoms with Crippen molar-refractivity contribution in [2.75, 3.05) is 25.5 Å². The second-order valence-electron chi connectivity index (χ2n) is 6.64. The smallest absolute Gasteiger partial charge is 0.246 e. The average molecular weight is 373 g/mol. The van der Waals surface area contributed by atoms with Gasteiger partial charge in [-0.3, -0.25) is 19.2 Å². The number of carbonyl (C=O) groups excluding carboxylic acids is 2. The largest absolute Gasteiger partial charge is 0.358 e. The molecule has 2 N–H and O–H groups in total. The molecule has 144 valence electrons. The standard InChI is InChI=1S/C19H24FN5O2/c1-21-17(26)13-25-12-16(11-22-25)23-19(27)18(24-9-3-2-4-10-24)14-5-7-15(20)8-6-14/h5-8,11-12,18H,2-4,9-10,13H2,1H3,(H,21,26)(H,23,27). The summed E-state index contributed by atoms with van der Waals surface area (Å²) in [5.41, 5.74) is 1.28. The number of likely N-dealkylation sites (N-methyl/N-ethyl adjacent to an activating group) is 1. The third-order valence-electron chi connectivity index (χ3n) is 4.68. The van der Waals surface area contributed by atoms with Crippen LogP contribution in [-0.2, 0) is 16.1 Å². The Labute approximate surface area is 157 Å². The van der Waals surface area contributed by atoms with Gasteiger partial charge in [-0.25, -0.2) is 4.39 Å². The van der Waals surface area contributed by atoms with E-state index in [2.05, 4.69) is 20.6 Å². The minimum Gasteiger partial charge on any atom is -0.358 e. The first-order valence-corrected chi connectivity index (χ1v) is 9.10. The molecule has 0 saturated carbocycles. The number of nitrogens with one attached hydrogen (secondary N) is 2. The number of hydrogen-bond acceptors (Lipinski definition) is 4. The quantitative estimate of drug-likeness (QED) is 0.811. The topological polar surface area (TPSA) is 79.3 Å². The lowest BCUT2D eigenvalue weighted by molar-refractivity contribution is -0.122. The highest BCUT2D eigenvalue weighted by atomic mass is 19.1. The number of amides is 2. The fourth-order valence-electron chi connectivity index (χ4n) is 3.30. The van der Waals surface area contributed by atoms with Crippen LogP contribution in [0.3, 0.4) is 0 Å². The van der Waals surface area contributed by atoms with E-state index in [1.54, 1.807) is 25.4 Å². The molecule has 1 aliphatic rings. The normalized spacial score (nSPS) is 15.9. The van der Waals surface area contributed by atoms with Gasteiger partial charge in [0.15, 0.2) is 0 Å². The first kappa shape index (κ1) is 19.0. The molecule has 3 rings (SSSR count). The van der Waals surface area contributed by atoms with E-state index < -0.39 is 6.04 Å². The van der Waals surface area contributed by atoms with Crippen molar-refractivity contribution in [1.82, 2.24) is 20.0 Å². The number of halogens is 1. The number of anilines is 1. The average Bonchev–Trinajstić information content (AvgIpc) is 3.11. The van der Waals surface area contributed by atoms with Crippen LogP contribution in [-0.4, -0.2) is 46.6 Å². The zero-order valence-corrected chi connectivity index (χ0v) is 15.3. The molecule has 8 heteroatoms. The van der Waals surface area contributed by atoms with Gasteiger partial charge in [0.25, 0.3) is 0 Å². The van der Waals surface area contributed by atoms with E-state index in [4.69, 9.17) is 0 Å². The number of piperidine rings is 1. The molecule has 1 unspecified atom stereocenters. The molecule has 0 aliphatic carbocycles. The van der Waals surface area contributed by atoms with E-state index in [0.717, 1.165) is 37.9 Å². The van der Waals surface area contributed by atoms with Crippen LogP contribution in [0.4, 0.5) is 10.1 Å². The van der Waals surface area contributed by atoms with Crippen LogP contribution < -0.4 is 10.6 Å². The van der Waals surface area contributed by atoms with Crippen molar-refractivity contribution >= 4 is 17.5 Å². The van der Waals surface area contributed by atoms with Crippen molar-refractivity contribution in [1.29, 1.82) is 0 Å². The molecular formula is C19H24FN5O2. The lowest BCUT2D eigenvalue weighted by atomic mass is 10.0. The highest BCUT2D eigenvalue weighted by Crippen LogP contribution is 2.26. The number of carbonyl (C=O) groups is 2. The number of nitrogens with zero attached hydrogens (tertiary/aromatic N) is 3. The van der Waals surface area contributed by atoms with Crippen molar-refractivity contribution < 1.29 is 14.0 Å². The predicted molar refractivity (Wildman–Crippen MR) is 99.5 cm³/mol. The number of likely N-dealkylation sites (tertiary alicyclic amines) is 1. The predicted octanol–water partition coefficient (Wildman–Crippen LogP) is 1.93. The SMILES string of the molecule is CNC(=O)Cn1cc(NC(=O)C(c2ccc(F)cc2)N2CCCCC2)cn1. The molecular weight excluding hydrogens is 349 g/mol. The zero-order chi connectivity index (χ0) is 19.2. The van der Waals surface area contributed by atoms with Gasteiger partial charge in [-0.1, -0.05) is 18.6 Å². The molecule has 0 bridgehead atoms. The third kappa shape index (κ3) is 4.91. The second kappa shape index (κ2) is 8.77. The van der Waals surface area contributed by atoms with Gasteiger partial charge in [0.2, 0.25) is 11.8 Å². The number of hydrogen-bond donors (Lipinski definition) is 2. The van der Waals surface area contributed by atoms with Crippen molar-refractivity contribution in [3.05, 3.63) is 48.0 Å².